The van der Waals surface area contributed by atoms with Crippen LogP contribution in [0.2, 0.25) is 0 Å². The summed E-state index contributed by atoms with van der Waals surface area (Å²) in [5.74, 6) is 0. The number of hydrogen-bond donors (Lipinski definition) is 0. The van der Waals surface area contributed by atoms with Crippen molar-refractivity contribution in [2.75, 3.05) is 0 Å². The third-order valence-corrected chi connectivity index (χ3v) is 4.44. The van der Waals surface area contributed by atoms with Crippen LogP contribution in [-0.2, 0) is 27.9 Å². The Morgan fingerprint density at radius 2 is 1.00 bits per heavy atom. The normalized spacial score (nSPS) is 12.8. The summed E-state index contributed by atoms with van der Waals surface area (Å²) in [5, 5.41) is 0. The fourth-order valence-electron chi connectivity index (χ4n) is 2.93. The zero-order valence-electron chi connectivity index (χ0n) is 15.3. The first-order valence-electron chi connectivity index (χ1n) is 8.18. The van der Waals surface area contributed by atoms with Crippen molar-refractivity contribution in [2.45, 2.75) is 52.4 Å². The van der Waals surface area contributed by atoms with Crippen molar-refractivity contribution in [2.24, 2.45) is 0 Å². The Hall–Kier alpha value is -0.266. The Morgan fingerprint density at radius 1 is 0.667 bits per heavy atom. The van der Waals surface area contributed by atoms with Crippen LogP contribution in [0.3, 0.4) is 0 Å². The third-order valence-electron chi connectivity index (χ3n) is 4.44. The van der Waals surface area contributed by atoms with E-state index in [0.29, 0.717) is 0 Å². The van der Waals surface area contributed by atoms with Gasteiger partial charge in [-0.25, -0.2) is 0 Å². The average molecular weight is 396 g/mol. The fraction of sp³-hybridized carbons (Fsp3) is 0.381. The Morgan fingerprint density at radius 3 is 1.29 bits per heavy atom. The van der Waals surface area contributed by atoms with Crippen LogP contribution in [0.4, 0.5) is 0 Å². The molecule has 0 amide bonds. The van der Waals surface area contributed by atoms with Crippen LogP contribution in [0.25, 0.3) is 11.1 Å². The first-order chi connectivity index (χ1) is 11.1. The predicted octanol–water partition coefficient (Wildman–Crippen LogP) is 7.24. The van der Waals surface area contributed by atoms with Gasteiger partial charge in [0.05, 0.1) is 0 Å². The molecule has 0 aromatic heterocycles. The molecular formula is C21H25Cl2Ti. The molecule has 0 fully saturated rings. The molecule has 1 radical (unpaired) electrons. The van der Waals surface area contributed by atoms with Gasteiger partial charge in [-0.15, -0.1) is 0 Å². The van der Waals surface area contributed by atoms with Gasteiger partial charge in [0.1, 0.15) is 0 Å². The minimum atomic E-state index is -0.556. The minimum absolute atomic E-state index is 0.194. The van der Waals surface area contributed by atoms with Crippen LogP contribution < -0.4 is 0 Å². The van der Waals surface area contributed by atoms with Gasteiger partial charge in [0.2, 0.25) is 0 Å². The zero-order valence-corrected chi connectivity index (χ0v) is 18.4. The van der Waals surface area contributed by atoms with Crippen LogP contribution in [-0.4, -0.2) is 0 Å². The first kappa shape index (κ1) is 20.1. The molecule has 0 nitrogen and oxygen atoms in total. The second kappa shape index (κ2) is 7.54. The molecule has 0 aliphatic heterocycles. The SMILES string of the molecule is CC(C)(C)c1ccc2c(c1)-c1cc(C(C)(C)C)ccc1[CH]2.[Cl][Ti][Cl]. The molecule has 2 aromatic rings. The number of rotatable bonds is 0. The van der Waals surface area contributed by atoms with Crippen molar-refractivity contribution in [1.29, 1.82) is 0 Å². The summed E-state index contributed by atoms with van der Waals surface area (Å²) < 4.78 is 0. The monoisotopic (exact) mass is 395 g/mol. The number of halogens is 2. The van der Waals surface area contributed by atoms with Crippen LogP contribution in [0.15, 0.2) is 36.4 Å². The van der Waals surface area contributed by atoms with Gasteiger partial charge >= 0.3 is 35.6 Å². The van der Waals surface area contributed by atoms with Crippen LogP contribution >= 0.6 is 18.6 Å². The second-order valence-corrected chi connectivity index (χ2v) is 10.9. The molecule has 0 atom stereocenters. The van der Waals surface area contributed by atoms with E-state index in [4.69, 9.17) is 18.6 Å². The Balaban J connectivity index is 0.000000647. The Bertz CT molecular complexity index is 660. The average Bonchev–Trinajstić information content (AvgIpc) is 2.83. The summed E-state index contributed by atoms with van der Waals surface area (Å²) in [7, 11) is 9.78. The molecule has 0 saturated carbocycles. The van der Waals surface area contributed by atoms with Gasteiger partial charge in [-0.05, 0) is 44.2 Å². The molecular weight excluding hydrogens is 371 g/mol. The van der Waals surface area contributed by atoms with Gasteiger partial charge < -0.3 is 0 Å². The molecule has 1 aliphatic carbocycles. The van der Waals surface area contributed by atoms with Gasteiger partial charge in [0, 0.05) is 6.42 Å². The van der Waals surface area contributed by atoms with Crippen LogP contribution in [0, 0.1) is 6.42 Å². The van der Waals surface area contributed by atoms with E-state index in [9.17, 15) is 0 Å². The quantitative estimate of drug-likeness (QED) is 0.352. The van der Waals surface area contributed by atoms with Gasteiger partial charge in [0.15, 0.2) is 0 Å². The molecule has 3 heteroatoms. The van der Waals surface area contributed by atoms with E-state index in [1.165, 1.54) is 33.4 Å². The van der Waals surface area contributed by atoms with E-state index >= 15 is 0 Å². The summed E-state index contributed by atoms with van der Waals surface area (Å²) in [5.41, 5.74) is 8.69. The van der Waals surface area contributed by atoms with E-state index in [1.54, 1.807) is 0 Å². The molecule has 0 saturated heterocycles. The fourth-order valence-corrected chi connectivity index (χ4v) is 2.93. The second-order valence-electron chi connectivity index (χ2n) is 8.32. The van der Waals surface area contributed by atoms with Crippen LogP contribution in [0.1, 0.15) is 63.8 Å². The molecule has 0 heterocycles. The molecule has 0 spiro atoms. The molecule has 24 heavy (non-hydrogen) atoms. The molecule has 1 aliphatic rings. The van der Waals surface area contributed by atoms with Crippen molar-refractivity contribution in [3.8, 4) is 11.1 Å². The summed E-state index contributed by atoms with van der Waals surface area (Å²) in [6.45, 7) is 13.7. The van der Waals surface area contributed by atoms with E-state index in [-0.39, 0.29) is 10.8 Å². The topological polar surface area (TPSA) is 0 Å². The molecule has 127 valence electrons. The van der Waals surface area contributed by atoms with Crippen molar-refractivity contribution < 1.29 is 17.0 Å². The first-order valence-corrected chi connectivity index (χ1v) is 12.5. The molecule has 2 aromatic carbocycles. The Kier molecular flexibility index (Phi) is 6.30. The third kappa shape index (κ3) is 4.47. The van der Waals surface area contributed by atoms with E-state index in [2.05, 4.69) is 84.4 Å². The molecule has 0 unspecified atom stereocenters. The summed E-state index contributed by atoms with van der Waals surface area (Å²) in [6, 6.07) is 13.8. The molecule has 0 N–H and O–H groups in total. The summed E-state index contributed by atoms with van der Waals surface area (Å²) >= 11 is -0.556. The molecule has 3 rings (SSSR count). The maximum atomic E-state index is 4.89. The zero-order chi connectivity index (χ0) is 18.1. The number of fused-ring (bicyclic) bond motifs is 3. The van der Waals surface area contributed by atoms with Crippen molar-refractivity contribution in [3.63, 3.8) is 0 Å². The van der Waals surface area contributed by atoms with E-state index in [1.807, 2.05) is 0 Å². The van der Waals surface area contributed by atoms with Crippen molar-refractivity contribution in [1.82, 2.24) is 0 Å². The van der Waals surface area contributed by atoms with Gasteiger partial charge in [-0.1, -0.05) is 77.9 Å². The molecule has 0 bridgehead atoms. The van der Waals surface area contributed by atoms with Gasteiger partial charge in [-0.3, -0.25) is 0 Å². The van der Waals surface area contributed by atoms with Crippen LogP contribution in [0.5, 0.6) is 0 Å². The van der Waals surface area contributed by atoms with E-state index < -0.39 is 17.0 Å². The summed E-state index contributed by atoms with van der Waals surface area (Å²) in [4.78, 5) is 0. The van der Waals surface area contributed by atoms with Gasteiger partial charge in [-0.2, -0.15) is 0 Å². The van der Waals surface area contributed by atoms with Gasteiger partial charge in [0.25, 0.3) is 0 Å². The Labute approximate surface area is 163 Å². The predicted molar refractivity (Wildman–Crippen MR) is 103 cm³/mol. The van der Waals surface area contributed by atoms with Crippen molar-refractivity contribution >= 4 is 18.6 Å². The van der Waals surface area contributed by atoms with E-state index in [0.717, 1.165) is 0 Å². The van der Waals surface area contributed by atoms with Crippen molar-refractivity contribution in [3.05, 3.63) is 65.1 Å². The summed E-state index contributed by atoms with van der Waals surface area (Å²) in [6.07, 6.45) is 2.31. The standard InChI is InChI=1S/C21H25.2ClH.Ti/c1-20(2,3)16-9-7-14-11-15-8-10-17(21(4,5)6)13-19(15)18(14)12-16;;;/h7-13H,1-6H3;2*1H;/q;;;+2/p-2. The maximum absolute atomic E-state index is 4.89. The number of benzene rings is 2. The number of hydrogen-bond acceptors (Lipinski definition) is 0.